The summed E-state index contributed by atoms with van der Waals surface area (Å²) >= 11 is 0. The molecule has 0 aliphatic heterocycles. The number of benzene rings is 1. The van der Waals surface area contributed by atoms with Crippen LogP contribution in [-0.4, -0.2) is 19.0 Å². The number of hydrogen-bond donors (Lipinski definition) is 2. The van der Waals surface area contributed by atoms with Gasteiger partial charge in [-0.15, -0.1) is 0 Å². The normalized spacial score (nSPS) is 14.2. The van der Waals surface area contributed by atoms with Crippen LogP contribution < -0.4 is 10.6 Å². The Morgan fingerprint density at radius 1 is 1.31 bits per heavy atom. The minimum atomic E-state index is -0.155. The fourth-order valence-electron chi connectivity index (χ4n) is 1.53. The summed E-state index contributed by atoms with van der Waals surface area (Å²) in [7, 11) is 1.79. The summed E-state index contributed by atoms with van der Waals surface area (Å²) in [4.78, 5) is 11.7. The Morgan fingerprint density at radius 2 is 1.94 bits per heavy atom. The molecule has 1 aromatic rings. The second-order valence-electron chi connectivity index (χ2n) is 3.89. The fraction of sp³-hybridized carbons (Fsp3) is 0.462. The van der Waals surface area contributed by atoms with Crippen molar-refractivity contribution in [1.82, 2.24) is 10.6 Å². The maximum atomic E-state index is 11.7. The van der Waals surface area contributed by atoms with Gasteiger partial charge in [0.1, 0.15) is 0 Å². The van der Waals surface area contributed by atoms with Gasteiger partial charge in [0.25, 0.3) is 0 Å². The molecule has 0 saturated heterocycles. The molecule has 0 aliphatic rings. The quantitative estimate of drug-likeness (QED) is 0.795. The van der Waals surface area contributed by atoms with Crippen LogP contribution in [0.3, 0.4) is 0 Å². The predicted octanol–water partition coefficient (Wildman–Crippen LogP) is 1.86. The first-order chi connectivity index (χ1) is 7.69. The van der Waals surface area contributed by atoms with Gasteiger partial charge in [-0.25, -0.2) is 0 Å². The molecule has 0 heterocycles. The Morgan fingerprint density at radius 3 is 2.44 bits per heavy atom. The van der Waals surface area contributed by atoms with Gasteiger partial charge in [0, 0.05) is 0 Å². The lowest BCUT2D eigenvalue weighted by Crippen LogP contribution is -2.41. The van der Waals surface area contributed by atoms with E-state index in [1.807, 2.05) is 37.3 Å². The van der Waals surface area contributed by atoms with Crippen LogP contribution in [0.15, 0.2) is 30.3 Å². The zero-order valence-corrected chi connectivity index (χ0v) is 10.2. The highest BCUT2D eigenvalue weighted by Crippen LogP contribution is 2.15. The van der Waals surface area contributed by atoms with E-state index in [4.69, 9.17) is 0 Å². The van der Waals surface area contributed by atoms with Crippen LogP contribution in [0, 0.1) is 0 Å². The van der Waals surface area contributed by atoms with E-state index < -0.39 is 0 Å². The molecule has 0 spiro atoms. The van der Waals surface area contributed by atoms with Crippen LogP contribution in [0.4, 0.5) is 0 Å². The van der Waals surface area contributed by atoms with E-state index in [2.05, 4.69) is 17.6 Å². The van der Waals surface area contributed by atoms with E-state index in [0.717, 1.165) is 12.0 Å². The van der Waals surface area contributed by atoms with Crippen LogP contribution in [0.2, 0.25) is 0 Å². The van der Waals surface area contributed by atoms with Crippen molar-refractivity contribution in [2.24, 2.45) is 0 Å². The largest absolute Gasteiger partial charge is 0.348 e. The molecule has 0 radical (unpaired) electrons. The average molecular weight is 220 g/mol. The summed E-state index contributed by atoms with van der Waals surface area (Å²) in [5.41, 5.74) is 1.15. The van der Waals surface area contributed by atoms with E-state index in [1.54, 1.807) is 7.05 Å². The predicted molar refractivity (Wildman–Crippen MR) is 66.1 cm³/mol. The number of carbonyl (C=O) groups excluding carboxylic acids is 1. The maximum Gasteiger partial charge on any atom is 0.237 e. The highest BCUT2D eigenvalue weighted by molar-refractivity contribution is 5.81. The van der Waals surface area contributed by atoms with Gasteiger partial charge in [-0.1, -0.05) is 37.3 Å². The summed E-state index contributed by atoms with van der Waals surface area (Å²) in [6.07, 6.45) is 0.895. The molecule has 0 saturated carbocycles. The number of amides is 1. The van der Waals surface area contributed by atoms with Crippen LogP contribution in [-0.2, 0) is 4.79 Å². The summed E-state index contributed by atoms with van der Waals surface area (Å²) < 4.78 is 0. The lowest BCUT2D eigenvalue weighted by molar-refractivity contribution is -0.123. The standard InChI is InChI=1S/C13H20N2O/c1-4-12(11-8-6-5-7-9-11)15-13(16)10(2)14-3/h5-10,12,14H,4H2,1-3H3,(H,15,16). The van der Waals surface area contributed by atoms with Gasteiger partial charge in [-0.05, 0) is 26.0 Å². The van der Waals surface area contributed by atoms with E-state index in [-0.39, 0.29) is 18.0 Å². The van der Waals surface area contributed by atoms with E-state index >= 15 is 0 Å². The van der Waals surface area contributed by atoms with Crippen molar-refractivity contribution in [1.29, 1.82) is 0 Å². The van der Waals surface area contributed by atoms with Crippen molar-refractivity contribution in [2.75, 3.05) is 7.05 Å². The lowest BCUT2D eigenvalue weighted by atomic mass is 10.0. The third kappa shape index (κ3) is 3.35. The molecule has 1 amide bonds. The van der Waals surface area contributed by atoms with Crippen molar-refractivity contribution < 1.29 is 4.79 Å². The van der Waals surface area contributed by atoms with Crippen LogP contribution in [0.5, 0.6) is 0 Å². The van der Waals surface area contributed by atoms with Gasteiger partial charge >= 0.3 is 0 Å². The Balaban J connectivity index is 2.66. The first-order valence-corrected chi connectivity index (χ1v) is 5.71. The fourth-order valence-corrected chi connectivity index (χ4v) is 1.53. The summed E-state index contributed by atoms with van der Waals surface area (Å²) in [5, 5.41) is 5.97. The Kier molecular flexibility index (Phi) is 4.99. The molecule has 1 aromatic carbocycles. The molecule has 2 N–H and O–H groups in total. The molecule has 1 rings (SSSR count). The molecule has 0 aliphatic carbocycles. The Hall–Kier alpha value is -1.35. The highest BCUT2D eigenvalue weighted by atomic mass is 16.2. The van der Waals surface area contributed by atoms with Crippen molar-refractivity contribution in [3.05, 3.63) is 35.9 Å². The van der Waals surface area contributed by atoms with Crippen LogP contribution in [0.1, 0.15) is 31.9 Å². The smallest absolute Gasteiger partial charge is 0.237 e. The number of carbonyl (C=O) groups is 1. The summed E-state index contributed by atoms with van der Waals surface area (Å²) in [6, 6.07) is 9.99. The van der Waals surface area contributed by atoms with Crippen LogP contribution >= 0.6 is 0 Å². The molecule has 0 bridgehead atoms. The lowest BCUT2D eigenvalue weighted by Gasteiger charge is -2.20. The number of likely N-dealkylation sites (N-methyl/N-ethyl adjacent to an activating group) is 1. The molecule has 2 unspecified atom stereocenters. The first-order valence-electron chi connectivity index (χ1n) is 5.71. The second kappa shape index (κ2) is 6.28. The monoisotopic (exact) mass is 220 g/mol. The number of rotatable bonds is 5. The van der Waals surface area contributed by atoms with Gasteiger partial charge in [-0.3, -0.25) is 4.79 Å². The minimum absolute atomic E-state index is 0.0400. The summed E-state index contributed by atoms with van der Waals surface area (Å²) in [5.74, 6) is 0.0400. The van der Waals surface area contributed by atoms with Gasteiger partial charge in [0.05, 0.1) is 12.1 Å². The number of hydrogen-bond acceptors (Lipinski definition) is 2. The minimum Gasteiger partial charge on any atom is -0.348 e. The average Bonchev–Trinajstić information content (AvgIpc) is 2.35. The zero-order chi connectivity index (χ0) is 12.0. The third-order valence-corrected chi connectivity index (χ3v) is 2.75. The molecule has 3 heteroatoms. The molecule has 88 valence electrons. The molecule has 0 aromatic heterocycles. The molecule has 2 atom stereocenters. The van der Waals surface area contributed by atoms with Crippen molar-refractivity contribution in [3.8, 4) is 0 Å². The molecular formula is C13H20N2O. The third-order valence-electron chi connectivity index (χ3n) is 2.75. The van der Waals surface area contributed by atoms with Gasteiger partial charge in [0.15, 0.2) is 0 Å². The molecular weight excluding hydrogens is 200 g/mol. The van der Waals surface area contributed by atoms with E-state index in [1.165, 1.54) is 0 Å². The molecule has 0 fully saturated rings. The second-order valence-corrected chi connectivity index (χ2v) is 3.89. The van der Waals surface area contributed by atoms with Crippen molar-refractivity contribution in [2.45, 2.75) is 32.4 Å². The topological polar surface area (TPSA) is 41.1 Å². The van der Waals surface area contributed by atoms with E-state index in [9.17, 15) is 4.79 Å². The number of nitrogens with one attached hydrogen (secondary N) is 2. The van der Waals surface area contributed by atoms with Crippen molar-refractivity contribution >= 4 is 5.91 Å². The van der Waals surface area contributed by atoms with E-state index in [0.29, 0.717) is 0 Å². The Bertz CT molecular complexity index is 324. The first kappa shape index (κ1) is 12.7. The maximum absolute atomic E-state index is 11.7. The Labute approximate surface area is 97.2 Å². The zero-order valence-electron chi connectivity index (χ0n) is 10.2. The van der Waals surface area contributed by atoms with Gasteiger partial charge < -0.3 is 10.6 Å². The molecule has 16 heavy (non-hydrogen) atoms. The summed E-state index contributed by atoms with van der Waals surface area (Å²) in [6.45, 7) is 3.93. The van der Waals surface area contributed by atoms with Crippen molar-refractivity contribution in [3.63, 3.8) is 0 Å². The highest BCUT2D eigenvalue weighted by Gasteiger charge is 2.15. The van der Waals surface area contributed by atoms with Gasteiger partial charge in [-0.2, -0.15) is 0 Å². The van der Waals surface area contributed by atoms with Crippen LogP contribution in [0.25, 0.3) is 0 Å². The van der Waals surface area contributed by atoms with Gasteiger partial charge in [0.2, 0.25) is 5.91 Å². The molecule has 3 nitrogen and oxygen atoms in total. The SMILES string of the molecule is CCC(NC(=O)C(C)NC)c1ccccc1.